The van der Waals surface area contributed by atoms with Crippen LogP contribution in [0.3, 0.4) is 0 Å². The second-order valence-electron chi connectivity index (χ2n) is 2.71. The Morgan fingerprint density at radius 3 is 2.86 bits per heavy atom. The molecule has 0 aliphatic carbocycles. The highest BCUT2D eigenvalue weighted by Gasteiger charge is 2.02. The minimum Gasteiger partial charge on any atom is -0.452 e. The lowest BCUT2D eigenvalue weighted by Crippen LogP contribution is -2.08. The number of hydrogen-bond donors (Lipinski definition) is 1. The summed E-state index contributed by atoms with van der Waals surface area (Å²) in [5.41, 5.74) is 1.39. The number of hydrogen-bond acceptors (Lipinski definition) is 3. The predicted octanol–water partition coefficient (Wildman–Crippen LogP) is 1.23. The van der Waals surface area contributed by atoms with Crippen LogP contribution in [0.15, 0.2) is 24.3 Å². The fourth-order valence-electron chi connectivity index (χ4n) is 1.06. The first kappa shape index (κ1) is 10.2. The maximum Gasteiger partial charge on any atom is 0.417 e. The van der Waals surface area contributed by atoms with Crippen LogP contribution >= 0.6 is 0 Å². The van der Waals surface area contributed by atoms with Crippen LogP contribution in [0.25, 0.3) is 0 Å². The number of para-hydroxylation sites is 1. The van der Waals surface area contributed by atoms with Crippen molar-refractivity contribution in [2.24, 2.45) is 0 Å². The maximum atomic E-state index is 10.8. The quantitative estimate of drug-likeness (QED) is 0.780. The molecule has 0 aliphatic rings. The highest BCUT2D eigenvalue weighted by molar-refractivity contribution is 5.89. The van der Waals surface area contributed by atoms with E-state index in [9.17, 15) is 9.59 Å². The Morgan fingerprint density at radius 2 is 2.21 bits per heavy atom. The number of ether oxygens (including phenoxy) is 1. The number of carbonyl (C=O) groups excluding carboxylic acids is 2. The Balaban J connectivity index is 2.79. The van der Waals surface area contributed by atoms with E-state index < -0.39 is 0 Å². The molecular weight excluding hydrogens is 182 g/mol. The van der Waals surface area contributed by atoms with Crippen molar-refractivity contribution in [2.75, 3.05) is 5.32 Å². The molecule has 0 heterocycles. The maximum absolute atomic E-state index is 10.8. The Bertz CT molecular complexity index is 336. The van der Waals surface area contributed by atoms with Crippen LogP contribution in [0.4, 0.5) is 5.69 Å². The molecule has 1 N–H and O–H groups in total. The van der Waals surface area contributed by atoms with Crippen molar-refractivity contribution in [1.82, 2.24) is 0 Å². The zero-order valence-corrected chi connectivity index (χ0v) is 7.74. The lowest BCUT2D eigenvalue weighted by Gasteiger charge is -2.07. The first-order valence-corrected chi connectivity index (χ1v) is 4.08. The molecule has 0 aromatic heterocycles. The van der Waals surface area contributed by atoms with Crippen molar-refractivity contribution in [3.63, 3.8) is 0 Å². The van der Waals surface area contributed by atoms with E-state index in [1.54, 1.807) is 24.3 Å². The van der Waals surface area contributed by atoms with Gasteiger partial charge in [0, 0.05) is 18.2 Å². The van der Waals surface area contributed by atoms with Gasteiger partial charge in [-0.3, -0.25) is 4.79 Å². The number of benzene rings is 1. The van der Waals surface area contributed by atoms with Gasteiger partial charge in [-0.15, -0.1) is 0 Å². The zero-order valence-electron chi connectivity index (χ0n) is 7.74. The van der Waals surface area contributed by atoms with Crippen molar-refractivity contribution in [2.45, 2.75) is 13.5 Å². The summed E-state index contributed by atoms with van der Waals surface area (Å²) in [5, 5.41) is 2.63. The molecule has 0 saturated carbocycles. The second-order valence-corrected chi connectivity index (χ2v) is 2.71. The molecule has 1 radical (unpaired) electrons. The number of carbonyl (C=O) groups is 1. The molecule has 0 spiro atoms. The third-order valence-electron chi connectivity index (χ3n) is 1.61. The minimum atomic E-state index is -0.160. The average Bonchev–Trinajstić information content (AvgIpc) is 2.16. The Kier molecular flexibility index (Phi) is 3.67. The number of rotatable bonds is 4. The van der Waals surface area contributed by atoms with Gasteiger partial charge in [-0.25, -0.2) is 4.79 Å². The third-order valence-corrected chi connectivity index (χ3v) is 1.61. The summed E-state index contributed by atoms with van der Waals surface area (Å²) >= 11 is 0. The monoisotopic (exact) mass is 192 g/mol. The van der Waals surface area contributed by atoms with Gasteiger partial charge in [0.05, 0.1) is 0 Å². The fraction of sp³-hybridized carbons (Fsp3) is 0.200. The molecule has 0 saturated heterocycles. The Morgan fingerprint density at radius 1 is 1.50 bits per heavy atom. The van der Waals surface area contributed by atoms with Gasteiger partial charge >= 0.3 is 6.47 Å². The van der Waals surface area contributed by atoms with Crippen molar-refractivity contribution >= 4 is 18.1 Å². The summed E-state index contributed by atoms with van der Waals surface area (Å²) in [4.78, 5) is 20.7. The van der Waals surface area contributed by atoms with Gasteiger partial charge in [0.1, 0.15) is 6.61 Å². The van der Waals surface area contributed by atoms with Gasteiger partial charge in [0.25, 0.3) is 0 Å². The molecule has 1 amide bonds. The number of anilines is 1. The van der Waals surface area contributed by atoms with E-state index in [1.165, 1.54) is 13.4 Å². The lowest BCUT2D eigenvalue weighted by molar-refractivity contribution is -0.114. The summed E-state index contributed by atoms with van der Waals surface area (Å²) in [7, 11) is 0. The van der Waals surface area contributed by atoms with Crippen molar-refractivity contribution < 1.29 is 14.3 Å². The molecule has 14 heavy (non-hydrogen) atoms. The predicted molar refractivity (Wildman–Crippen MR) is 51.2 cm³/mol. The van der Waals surface area contributed by atoms with E-state index in [4.69, 9.17) is 0 Å². The molecule has 4 nitrogen and oxygen atoms in total. The SMILES string of the molecule is CC(=O)Nc1ccccc1CO[C]=O. The summed E-state index contributed by atoms with van der Waals surface area (Å²) < 4.78 is 4.48. The van der Waals surface area contributed by atoms with E-state index in [-0.39, 0.29) is 12.5 Å². The summed E-state index contributed by atoms with van der Waals surface area (Å²) in [6, 6.07) is 7.10. The van der Waals surface area contributed by atoms with Crippen molar-refractivity contribution in [3.05, 3.63) is 29.8 Å². The van der Waals surface area contributed by atoms with Crippen LogP contribution in [0.1, 0.15) is 12.5 Å². The summed E-state index contributed by atoms with van der Waals surface area (Å²) in [5.74, 6) is -0.160. The Hall–Kier alpha value is -1.84. The van der Waals surface area contributed by atoms with Crippen molar-refractivity contribution in [1.29, 1.82) is 0 Å². The first-order chi connectivity index (χ1) is 6.74. The molecule has 4 heteroatoms. The minimum absolute atomic E-state index is 0.111. The van der Waals surface area contributed by atoms with Gasteiger partial charge < -0.3 is 10.1 Å². The lowest BCUT2D eigenvalue weighted by atomic mass is 10.2. The largest absolute Gasteiger partial charge is 0.452 e. The van der Waals surface area contributed by atoms with E-state index in [1.807, 2.05) is 0 Å². The van der Waals surface area contributed by atoms with Gasteiger partial charge in [0.2, 0.25) is 5.91 Å². The molecular formula is C10H10NO3. The molecule has 0 atom stereocenters. The standard InChI is InChI=1S/C10H10NO3/c1-8(13)11-10-5-3-2-4-9(10)6-14-7-12/h2-5H,6H2,1H3,(H,11,13). The molecule has 0 aliphatic heterocycles. The molecule has 0 bridgehead atoms. The highest BCUT2D eigenvalue weighted by atomic mass is 16.5. The van der Waals surface area contributed by atoms with Crippen LogP contribution in [-0.2, 0) is 20.9 Å². The number of nitrogens with one attached hydrogen (secondary N) is 1. The van der Waals surface area contributed by atoms with Crippen molar-refractivity contribution in [3.8, 4) is 0 Å². The van der Waals surface area contributed by atoms with Crippen LogP contribution in [-0.4, -0.2) is 12.4 Å². The topological polar surface area (TPSA) is 55.4 Å². The summed E-state index contributed by atoms with van der Waals surface area (Å²) in [6.07, 6.45) is 0. The fourth-order valence-corrected chi connectivity index (χ4v) is 1.06. The van der Waals surface area contributed by atoms with E-state index in [0.717, 1.165) is 5.56 Å². The number of amides is 1. The van der Waals surface area contributed by atoms with E-state index >= 15 is 0 Å². The molecule has 0 unspecified atom stereocenters. The third kappa shape index (κ3) is 2.90. The van der Waals surface area contributed by atoms with Crippen LogP contribution in [0.5, 0.6) is 0 Å². The van der Waals surface area contributed by atoms with Gasteiger partial charge in [-0.2, -0.15) is 0 Å². The molecule has 0 fully saturated rings. The molecule has 1 rings (SSSR count). The molecule has 1 aromatic carbocycles. The summed E-state index contributed by atoms with van der Waals surface area (Å²) in [6.45, 7) is 2.87. The second kappa shape index (κ2) is 5.01. The highest BCUT2D eigenvalue weighted by Crippen LogP contribution is 2.15. The van der Waals surface area contributed by atoms with E-state index in [0.29, 0.717) is 5.69 Å². The van der Waals surface area contributed by atoms with Gasteiger partial charge in [-0.05, 0) is 6.07 Å². The molecule has 73 valence electrons. The smallest absolute Gasteiger partial charge is 0.417 e. The average molecular weight is 192 g/mol. The van der Waals surface area contributed by atoms with E-state index in [2.05, 4.69) is 10.1 Å². The van der Waals surface area contributed by atoms with Crippen LogP contribution in [0, 0.1) is 0 Å². The molecule has 1 aromatic rings. The van der Waals surface area contributed by atoms with Gasteiger partial charge in [-0.1, -0.05) is 18.2 Å². The van der Waals surface area contributed by atoms with Gasteiger partial charge in [0.15, 0.2) is 0 Å². The van der Waals surface area contributed by atoms with Crippen LogP contribution in [0.2, 0.25) is 0 Å². The van der Waals surface area contributed by atoms with Crippen LogP contribution < -0.4 is 5.32 Å². The first-order valence-electron chi connectivity index (χ1n) is 4.08. The Labute approximate surface area is 81.9 Å². The normalized spacial score (nSPS) is 9.21. The zero-order chi connectivity index (χ0) is 10.4.